The van der Waals surface area contributed by atoms with Crippen LogP contribution in [-0.4, -0.2) is 73.8 Å². The van der Waals surface area contributed by atoms with Gasteiger partial charge in [0.25, 0.3) is 5.91 Å². The highest BCUT2D eigenvalue weighted by Crippen LogP contribution is 2.23. The van der Waals surface area contributed by atoms with Crippen LogP contribution < -0.4 is 5.32 Å². The number of benzene rings is 1. The standard InChI is InChI=1S/C22H25ClN4O5S/c23-18-3-6-20(24-15-18)25-21(28)16-7-9-26(10-8-16)22(29)17-1-4-19(5-2-17)33(30,31)27-11-13-32-14-12-27/h1-6,15-16H,7-14H2,(H,24,25,28). The van der Waals surface area contributed by atoms with Crippen molar-refractivity contribution in [1.29, 1.82) is 0 Å². The fourth-order valence-electron chi connectivity index (χ4n) is 3.91. The fraction of sp³-hybridized carbons (Fsp3) is 0.409. The maximum atomic E-state index is 12.9. The van der Waals surface area contributed by atoms with Gasteiger partial charge in [0, 0.05) is 43.9 Å². The minimum atomic E-state index is -3.60. The number of halogens is 1. The molecule has 3 heterocycles. The van der Waals surface area contributed by atoms with Gasteiger partial charge < -0.3 is 15.0 Å². The van der Waals surface area contributed by atoms with E-state index in [1.54, 1.807) is 29.2 Å². The maximum Gasteiger partial charge on any atom is 0.253 e. The number of carbonyl (C=O) groups is 2. The van der Waals surface area contributed by atoms with Crippen molar-refractivity contribution >= 4 is 39.3 Å². The predicted molar refractivity (Wildman–Crippen MR) is 123 cm³/mol. The average Bonchev–Trinajstić information content (AvgIpc) is 2.85. The second-order valence-corrected chi connectivity index (χ2v) is 10.3. The molecule has 2 fully saturated rings. The third-order valence-electron chi connectivity index (χ3n) is 5.84. The first kappa shape index (κ1) is 23.6. The van der Waals surface area contributed by atoms with Gasteiger partial charge in [0.1, 0.15) is 5.82 Å². The van der Waals surface area contributed by atoms with Crippen LogP contribution in [0.1, 0.15) is 23.2 Å². The van der Waals surface area contributed by atoms with Crippen molar-refractivity contribution in [2.75, 3.05) is 44.7 Å². The van der Waals surface area contributed by atoms with E-state index in [1.807, 2.05) is 0 Å². The van der Waals surface area contributed by atoms with Crippen molar-refractivity contribution in [3.8, 4) is 0 Å². The normalized spacial score (nSPS) is 18.2. The van der Waals surface area contributed by atoms with Gasteiger partial charge in [-0.3, -0.25) is 9.59 Å². The van der Waals surface area contributed by atoms with E-state index in [-0.39, 0.29) is 22.6 Å². The van der Waals surface area contributed by atoms with Crippen LogP contribution in [0.2, 0.25) is 5.02 Å². The lowest BCUT2D eigenvalue weighted by molar-refractivity contribution is -0.121. The Kier molecular flexibility index (Phi) is 7.28. The number of rotatable bonds is 5. The van der Waals surface area contributed by atoms with Gasteiger partial charge in [-0.25, -0.2) is 13.4 Å². The quantitative estimate of drug-likeness (QED) is 0.685. The Labute approximate surface area is 197 Å². The zero-order valence-electron chi connectivity index (χ0n) is 17.9. The fourth-order valence-corrected chi connectivity index (χ4v) is 5.43. The molecule has 0 atom stereocenters. The molecule has 9 nitrogen and oxygen atoms in total. The molecule has 0 saturated carbocycles. The van der Waals surface area contributed by atoms with Gasteiger partial charge in [-0.05, 0) is 49.2 Å². The molecule has 11 heteroatoms. The van der Waals surface area contributed by atoms with Crippen molar-refractivity contribution in [2.45, 2.75) is 17.7 Å². The molecule has 1 aromatic carbocycles. The molecule has 4 rings (SSSR count). The van der Waals surface area contributed by atoms with Crippen molar-refractivity contribution in [3.63, 3.8) is 0 Å². The lowest BCUT2D eigenvalue weighted by Gasteiger charge is -2.31. The molecule has 2 aliphatic heterocycles. The molecule has 0 spiro atoms. The van der Waals surface area contributed by atoms with Gasteiger partial charge in [-0.2, -0.15) is 4.31 Å². The van der Waals surface area contributed by atoms with E-state index in [2.05, 4.69) is 10.3 Å². The van der Waals surface area contributed by atoms with Crippen LogP contribution in [0.15, 0.2) is 47.5 Å². The first-order chi connectivity index (χ1) is 15.8. The summed E-state index contributed by atoms with van der Waals surface area (Å²) in [7, 11) is -3.60. The van der Waals surface area contributed by atoms with E-state index >= 15 is 0 Å². The Balaban J connectivity index is 1.33. The van der Waals surface area contributed by atoms with Gasteiger partial charge in [0.2, 0.25) is 15.9 Å². The SMILES string of the molecule is O=C(Nc1ccc(Cl)cn1)C1CCN(C(=O)c2ccc(S(=O)(=O)N3CCOCC3)cc2)CC1. The minimum absolute atomic E-state index is 0.130. The second kappa shape index (κ2) is 10.2. The molecular formula is C22H25ClN4O5S. The molecule has 2 aromatic rings. The Bertz CT molecular complexity index is 1090. The summed E-state index contributed by atoms with van der Waals surface area (Å²) in [6, 6.07) is 9.32. The number of amides is 2. The number of hydrogen-bond donors (Lipinski definition) is 1. The second-order valence-electron chi connectivity index (χ2n) is 7.96. The van der Waals surface area contributed by atoms with Crippen LogP contribution in [0.25, 0.3) is 0 Å². The van der Waals surface area contributed by atoms with E-state index in [4.69, 9.17) is 16.3 Å². The summed E-state index contributed by atoms with van der Waals surface area (Å²) < 4.78 is 32.1. The molecule has 0 radical (unpaired) electrons. The Morgan fingerprint density at radius 2 is 1.67 bits per heavy atom. The number of anilines is 1. The number of pyridine rings is 1. The van der Waals surface area contributed by atoms with Crippen LogP contribution in [-0.2, 0) is 19.6 Å². The van der Waals surface area contributed by atoms with Gasteiger partial charge >= 0.3 is 0 Å². The summed E-state index contributed by atoms with van der Waals surface area (Å²) in [6.07, 6.45) is 2.54. The van der Waals surface area contributed by atoms with Crippen molar-refractivity contribution < 1.29 is 22.7 Å². The zero-order chi connectivity index (χ0) is 23.4. The average molecular weight is 493 g/mol. The zero-order valence-corrected chi connectivity index (χ0v) is 19.5. The number of sulfonamides is 1. The lowest BCUT2D eigenvalue weighted by Crippen LogP contribution is -2.41. The summed E-state index contributed by atoms with van der Waals surface area (Å²) in [5.41, 5.74) is 0.421. The topological polar surface area (TPSA) is 109 Å². The van der Waals surface area contributed by atoms with Crippen LogP contribution in [0, 0.1) is 5.92 Å². The Morgan fingerprint density at radius 3 is 2.27 bits per heavy atom. The monoisotopic (exact) mass is 492 g/mol. The van der Waals surface area contributed by atoms with Crippen LogP contribution in [0.4, 0.5) is 5.82 Å². The van der Waals surface area contributed by atoms with Gasteiger partial charge in [-0.1, -0.05) is 11.6 Å². The first-order valence-electron chi connectivity index (χ1n) is 10.7. The third kappa shape index (κ3) is 5.52. The number of nitrogens with one attached hydrogen (secondary N) is 1. The van der Waals surface area contributed by atoms with Gasteiger partial charge in [-0.15, -0.1) is 0 Å². The first-order valence-corrected chi connectivity index (χ1v) is 12.6. The summed E-state index contributed by atoms with van der Waals surface area (Å²) >= 11 is 5.81. The summed E-state index contributed by atoms with van der Waals surface area (Å²) in [5, 5.41) is 3.27. The molecule has 0 unspecified atom stereocenters. The van der Waals surface area contributed by atoms with Crippen LogP contribution in [0.5, 0.6) is 0 Å². The van der Waals surface area contributed by atoms with Crippen molar-refractivity contribution in [1.82, 2.24) is 14.2 Å². The van der Waals surface area contributed by atoms with Crippen LogP contribution >= 0.6 is 11.6 Å². The number of ether oxygens (including phenoxy) is 1. The number of nitrogens with zero attached hydrogens (tertiary/aromatic N) is 3. The summed E-state index contributed by atoms with van der Waals surface area (Å²) in [4.78, 5) is 31.3. The molecule has 176 valence electrons. The molecule has 0 bridgehead atoms. The molecule has 1 aromatic heterocycles. The molecule has 33 heavy (non-hydrogen) atoms. The number of hydrogen-bond acceptors (Lipinski definition) is 6. The highest BCUT2D eigenvalue weighted by atomic mass is 35.5. The Hall–Kier alpha value is -2.53. The van der Waals surface area contributed by atoms with Crippen LogP contribution in [0.3, 0.4) is 0 Å². The molecule has 0 aliphatic carbocycles. The van der Waals surface area contributed by atoms with Gasteiger partial charge in [0.15, 0.2) is 0 Å². The van der Waals surface area contributed by atoms with Crippen molar-refractivity contribution in [3.05, 3.63) is 53.2 Å². The molecule has 2 saturated heterocycles. The van der Waals surface area contributed by atoms with E-state index in [0.717, 1.165) is 0 Å². The number of aromatic nitrogens is 1. The lowest BCUT2D eigenvalue weighted by atomic mass is 9.95. The summed E-state index contributed by atoms with van der Waals surface area (Å²) in [5.74, 6) is -0.0827. The minimum Gasteiger partial charge on any atom is -0.379 e. The Morgan fingerprint density at radius 1 is 1.00 bits per heavy atom. The number of morpholine rings is 1. The molecule has 1 N–H and O–H groups in total. The summed E-state index contributed by atoms with van der Waals surface area (Å²) in [6.45, 7) is 2.27. The highest BCUT2D eigenvalue weighted by molar-refractivity contribution is 7.89. The number of likely N-dealkylation sites (tertiary alicyclic amines) is 1. The maximum absolute atomic E-state index is 12.9. The van der Waals surface area contributed by atoms with Gasteiger partial charge in [0.05, 0.1) is 23.1 Å². The van der Waals surface area contributed by atoms with E-state index in [0.29, 0.717) is 68.6 Å². The molecular weight excluding hydrogens is 468 g/mol. The van der Waals surface area contributed by atoms with E-state index in [9.17, 15) is 18.0 Å². The smallest absolute Gasteiger partial charge is 0.253 e. The third-order valence-corrected chi connectivity index (χ3v) is 7.98. The van der Waals surface area contributed by atoms with E-state index < -0.39 is 10.0 Å². The van der Waals surface area contributed by atoms with E-state index in [1.165, 1.54) is 22.6 Å². The number of piperidine rings is 1. The predicted octanol–water partition coefficient (Wildman–Crippen LogP) is 2.25. The highest BCUT2D eigenvalue weighted by Gasteiger charge is 2.29. The number of carbonyl (C=O) groups excluding carboxylic acids is 2. The molecule has 2 amide bonds. The van der Waals surface area contributed by atoms with Crippen molar-refractivity contribution in [2.24, 2.45) is 5.92 Å². The molecule has 2 aliphatic rings. The largest absolute Gasteiger partial charge is 0.379 e.